The van der Waals surface area contributed by atoms with E-state index >= 15 is 0 Å². The van der Waals surface area contributed by atoms with Crippen molar-refractivity contribution in [3.63, 3.8) is 0 Å². The van der Waals surface area contributed by atoms with Gasteiger partial charge in [-0.1, -0.05) is 6.07 Å². The lowest BCUT2D eigenvalue weighted by molar-refractivity contribution is -0.176. The molecular weight excluding hydrogens is 504 g/mol. The molecule has 5 rings (SSSR count). The predicted molar refractivity (Wildman–Crippen MR) is 153 cm³/mol. The lowest BCUT2D eigenvalue weighted by atomic mass is 9.82. The van der Waals surface area contributed by atoms with Crippen LogP contribution in [0.25, 0.3) is 11.0 Å². The summed E-state index contributed by atoms with van der Waals surface area (Å²) in [5.74, 6) is 0.588. The van der Waals surface area contributed by atoms with Crippen molar-refractivity contribution < 1.29 is 14.3 Å². The number of rotatable bonds is 7. The summed E-state index contributed by atoms with van der Waals surface area (Å²) in [6.07, 6.45) is 2.65. The number of fused-ring (bicyclic) bond motifs is 1. The Labute approximate surface area is 235 Å². The Bertz CT molecular complexity index is 1460. The number of benzene rings is 2. The van der Waals surface area contributed by atoms with Crippen molar-refractivity contribution in [2.24, 2.45) is 7.05 Å². The van der Waals surface area contributed by atoms with Gasteiger partial charge < -0.3 is 19.5 Å². The average molecular weight is 543 g/mol. The number of likely N-dealkylation sites (tertiary alicyclic amines) is 2. The molecule has 3 aromatic rings. The van der Waals surface area contributed by atoms with E-state index in [0.717, 1.165) is 54.0 Å². The van der Waals surface area contributed by atoms with E-state index in [9.17, 15) is 9.59 Å². The monoisotopic (exact) mass is 542 g/mol. The number of hydrogen-bond acceptors (Lipinski definition) is 7. The van der Waals surface area contributed by atoms with Gasteiger partial charge in [-0.25, -0.2) is 4.98 Å². The van der Waals surface area contributed by atoms with Crippen molar-refractivity contribution in [2.75, 3.05) is 25.0 Å². The zero-order chi connectivity index (χ0) is 28.7. The van der Waals surface area contributed by atoms with E-state index < -0.39 is 17.2 Å². The first-order valence-electron chi connectivity index (χ1n) is 14.0. The molecule has 2 aliphatic rings. The van der Waals surface area contributed by atoms with E-state index in [1.165, 1.54) is 0 Å². The Morgan fingerprint density at radius 3 is 2.38 bits per heavy atom. The smallest absolute Gasteiger partial charge is 0.323 e. The van der Waals surface area contributed by atoms with E-state index in [4.69, 9.17) is 15.0 Å². The van der Waals surface area contributed by atoms with E-state index in [2.05, 4.69) is 11.4 Å². The quantitative estimate of drug-likeness (QED) is 0.444. The number of nitriles is 1. The molecular formula is C31H38N6O3. The summed E-state index contributed by atoms with van der Waals surface area (Å²) in [5.41, 5.74) is 2.49. The van der Waals surface area contributed by atoms with Crippen LogP contribution in [0.3, 0.4) is 0 Å². The number of anilines is 1. The van der Waals surface area contributed by atoms with E-state index in [-0.39, 0.29) is 11.9 Å². The molecule has 2 fully saturated rings. The molecule has 0 saturated carbocycles. The third-order valence-electron chi connectivity index (χ3n) is 8.08. The molecule has 40 heavy (non-hydrogen) atoms. The molecule has 9 heteroatoms. The maximum atomic E-state index is 14.1. The van der Waals surface area contributed by atoms with Gasteiger partial charge in [0.05, 0.1) is 29.2 Å². The normalized spacial score (nSPS) is 19.1. The summed E-state index contributed by atoms with van der Waals surface area (Å²) >= 11 is 0. The molecule has 3 heterocycles. The third-order valence-corrected chi connectivity index (χ3v) is 8.08. The number of ether oxygens (including phenoxy) is 1. The first kappa shape index (κ1) is 27.7. The van der Waals surface area contributed by atoms with Gasteiger partial charge in [-0.3, -0.25) is 14.5 Å². The molecule has 0 radical (unpaired) electrons. The Hall–Kier alpha value is -3.90. The lowest BCUT2D eigenvalue weighted by Crippen LogP contribution is -2.66. The van der Waals surface area contributed by atoms with Gasteiger partial charge >= 0.3 is 5.97 Å². The number of carbonyl (C=O) groups is 2. The minimum Gasteiger partial charge on any atom is -0.459 e. The first-order chi connectivity index (χ1) is 19.0. The van der Waals surface area contributed by atoms with Crippen molar-refractivity contribution in [3.05, 3.63) is 59.4 Å². The van der Waals surface area contributed by atoms with Gasteiger partial charge in [0.1, 0.15) is 23.0 Å². The number of nitrogens with zero attached hydrogens (tertiary/aromatic N) is 5. The minimum atomic E-state index is -1.02. The van der Waals surface area contributed by atoms with Crippen LogP contribution in [0.1, 0.15) is 63.9 Å². The highest BCUT2D eigenvalue weighted by atomic mass is 16.6. The van der Waals surface area contributed by atoms with Gasteiger partial charge in [-0.05, 0) is 88.9 Å². The second-order valence-electron chi connectivity index (χ2n) is 11.9. The van der Waals surface area contributed by atoms with Crippen LogP contribution in [-0.4, -0.2) is 62.5 Å². The number of aryl methyl sites for hydroxylation is 1. The largest absolute Gasteiger partial charge is 0.459 e. The summed E-state index contributed by atoms with van der Waals surface area (Å²) in [6, 6.07) is 15.0. The van der Waals surface area contributed by atoms with Gasteiger partial charge in [-0.2, -0.15) is 5.26 Å². The van der Waals surface area contributed by atoms with Gasteiger partial charge in [0.15, 0.2) is 0 Å². The highest BCUT2D eigenvalue weighted by Gasteiger charge is 2.53. The summed E-state index contributed by atoms with van der Waals surface area (Å²) in [5, 5.41) is 12.4. The SMILES string of the molecule is Cn1c(CNc2ccc(C#N)cc2)nc2cc(C(C)(C(=O)N3CCCC3)N3CCC3C(=O)OC(C)(C)C)ccc21. The van der Waals surface area contributed by atoms with Crippen LogP contribution in [0.4, 0.5) is 5.69 Å². The average Bonchev–Trinajstić information content (AvgIpc) is 3.53. The molecule has 9 nitrogen and oxygen atoms in total. The number of esters is 1. The molecule has 2 atom stereocenters. The predicted octanol–water partition coefficient (Wildman–Crippen LogP) is 4.31. The fourth-order valence-corrected chi connectivity index (χ4v) is 5.73. The number of aromatic nitrogens is 2. The van der Waals surface area contributed by atoms with Crippen molar-refractivity contribution in [1.82, 2.24) is 19.4 Å². The van der Waals surface area contributed by atoms with Crippen molar-refractivity contribution in [3.8, 4) is 6.07 Å². The van der Waals surface area contributed by atoms with Crippen LogP contribution in [0.2, 0.25) is 0 Å². The third kappa shape index (κ3) is 5.16. The number of carbonyl (C=O) groups excluding carboxylic acids is 2. The van der Waals surface area contributed by atoms with E-state index in [0.29, 0.717) is 25.1 Å². The molecule has 1 amide bonds. The van der Waals surface area contributed by atoms with E-state index in [1.54, 1.807) is 12.1 Å². The molecule has 210 valence electrons. The van der Waals surface area contributed by atoms with E-state index in [1.807, 2.05) is 79.4 Å². The number of nitrogens with one attached hydrogen (secondary N) is 1. The molecule has 0 aliphatic carbocycles. The second-order valence-corrected chi connectivity index (χ2v) is 11.9. The zero-order valence-corrected chi connectivity index (χ0v) is 24.0. The summed E-state index contributed by atoms with van der Waals surface area (Å²) < 4.78 is 7.77. The zero-order valence-electron chi connectivity index (χ0n) is 24.0. The van der Waals surface area contributed by atoms with Gasteiger partial charge in [0.2, 0.25) is 5.91 Å². The standard InChI is InChI=1S/C31H38N6O3/c1-30(2,3)40-28(38)26-14-17-37(26)31(4,29(39)36-15-6-7-16-36)22-10-13-25-24(18-22)34-27(35(25)5)20-33-23-11-8-21(19-32)9-12-23/h8-13,18,26,33H,6-7,14-17,20H2,1-5H3. The van der Waals surface area contributed by atoms with Gasteiger partial charge in [0.25, 0.3) is 0 Å². The lowest BCUT2D eigenvalue weighted by Gasteiger charge is -2.51. The summed E-state index contributed by atoms with van der Waals surface area (Å²) in [6.45, 7) is 10.2. The van der Waals surface area contributed by atoms with Crippen LogP contribution >= 0.6 is 0 Å². The fourth-order valence-electron chi connectivity index (χ4n) is 5.73. The van der Waals surface area contributed by atoms with Crippen LogP contribution in [0.15, 0.2) is 42.5 Å². The van der Waals surface area contributed by atoms with Gasteiger partial charge in [0, 0.05) is 32.4 Å². The molecule has 2 aromatic carbocycles. The maximum absolute atomic E-state index is 14.1. The topological polar surface area (TPSA) is 103 Å². The number of imidazole rings is 1. The molecule has 0 spiro atoms. The Balaban J connectivity index is 1.46. The molecule has 2 saturated heterocycles. The maximum Gasteiger partial charge on any atom is 0.323 e. The highest BCUT2D eigenvalue weighted by molar-refractivity contribution is 5.91. The summed E-state index contributed by atoms with van der Waals surface area (Å²) in [4.78, 5) is 36.1. The van der Waals surface area contributed by atoms with Crippen LogP contribution in [-0.2, 0) is 33.5 Å². The molecule has 2 unspecified atom stereocenters. The molecule has 2 aliphatic heterocycles. The van der Waals surface area contributed by atoms with Crippen LogP contribution < -0.4 is 5.32 Å². The first-order valence-corrected chi connectivity index (χ1v) is 14.0. The van der Waals surface area contributed by atoms with Crippen LogP contribution in [0, 0.1) is 11.3 Å². The Morgan fingerprint density at radius 2 is 1.77 bits per heavy atom. The molecule has 1 aromatic heterocycles. The van der Waals surface area contributed by atoms with Crippen LogP contribution in [0.5, 0.6) is 0 Å². The molecule has 0 bridgehead atoms. The van der Waals surface area contributed by atoms with Crippen molar-refractivity contribution >= 4 is 28.6 Å². The number of hydrogen-bond donors (Lipinski definition) is 1. The number of amides is 1. The second kappa shape index (κ2) is 10.6. The fraction of sp³-hybridized carbons (Fsp3) is 0.484. The summed E-state index contributed by atoms with van der Waals surface area (Å²) in [7, 11) is 1.98. The Kier molecular flexibility index (Phi) is 7.32. The van der Waals surface area contributed by atoms with Crippen molar-refractivity contribution in [2.45, 2.75) is 70.7 Å². The van der Waals surface area contributed by atoms with Crippen molar-refractivity contribution in [1.29, 1.82) is 5.26 Å². The minimum absolute atomic E-state index is 0.0243. The Morgan fingerprint density at radius 1 is 1.07 bits per heavy atom. The highest BCUT2D eigenvalue weighted by Crippen LogP contribution is 2.40. The van der Waals surface area contributed by atoms with Gasteiger partial charge in [-0.15, -0.1) is 0 Å². The molecule has 1 N–H and O–H groups in total.